The van der Waals surface area contributed by atoms with Crippen LogP contribution >= 0.6 is 0 Å². The predicted molar refractivity (Wildman–Crippen MR) is 81.3 cm³/mol. The van der Waals surface area contributed by atoms with Gasteiger partial charge in [0.1, 0.15) is 19.9 Å². The van der Waals surface area contributed by atoms with Gasteiger partial charge in [-0.25, -0.2) is 14.7 Å². The van der Waals surface area contributed by atoms with Gasteiger partial charge >= 0.3 is 0 Å². The average Bonchev–Trinajstić information content (AvgIpc) is 3.14. The highest BCUT2D eigenvalue weighted by atomic mass is 15.7. The van der Waals surface area contributed by atoms with Crippen LogP contribution in [0.3, 0.4) is 0 Å². The van der Waals surface area contributed by atoms with Crippen LogP contribution < -0.4 is 0 Å². The molecule has 5 atom stereocenters. The Morgan fingerprint density at radius 3 is 2.33 bits per heavy atom. The minimum Gasteiger partial charge on any atom is -0.279 e. The summed E-state index contributed by atoms with van der Waals surface area (Å²) in [6.07, 6.45) is 2.20. The third-order valence-corrected chi connectivity index (χ3v) is 5.96. The highest BCUT2D eigenvalue weighted by Crippen LogP contribution is 2.50. The van der Waals surface area contributed by atoms with E-state index in [9.17, 15) is 0 Å². The van der Waals surface area contributed by atoms with E-state index in [0.717, 1.165) is 18.0 Å². The maximum absolute atomic E-state index is 2.76. The monoisotopic (exact) mass is 285 g/mol. The normalized spacial score (nSPS) is 50.3. The molecule has 4 heteroatoms. The second-order valence-corrected chi connectivity index (χ2v) is 7.79. The zero-order chi connectivity index (χ0) is 14.0. The zero-order valence-corrected chi connectivity index (χ0v) is 12.9. The van der Waals surface area contributed by atoms with E-state index in [0.29, 0.717) is 0 Å². The van der Waals surface area contributed by atoms with Crippen molar-refractivity contribution in [1.82, 2.24) is 14.7 Å². The maximum Gasteiger partial charge on any atom is 0.152 e. The molecule has 3 unspecified atom stereocenters. The van der Waals surface area contributed by atoms with Gasteiger partial charge in [-0.1, -0.05) is 37.3 Å². The molecule has 1 aromatic carbocycles. The van der Waals surface area contributed by atoms with Crippen molar-refractivity contribution in [3.63, 3.8) is 0 Å². The van der Waals surface area contributed by atoms with E-state index in [1.54, 1.807) is 0 Å². The molecule has 4 nitrogen and oxygen atoms in total. The number of quaternary nitrogens is 1. The largest absolute Gasteiger partial charge is 0.279 e. The molecule has 4 heterocycles. The van der Waals surface area contributed by atoms with Gasteiger partial charge in [0.15, 0.2) is 6.17 Å². The van der Waals surface area contributed by atoms with Crippen LogP contribution in [0.15, 0.2) is 30.3 Å². The van der Waals surface area contributed by atoms with Gasteiger partial charge in [0.25, 0.3) is 0 Å². The van der Waals surface area contributed by atoms with E-state index in [1.165, 1.54) is 56.4 Å². The lowest BCUT2D eigenvalue weighted by atomic mass is 10.1. The Labute approximate surface area is 127 Å². The highest BCUT2D eigenvalue weighted by molar-refractivity contribution is 5.14. The molecule has 0 spiro atoms. The van der Waals surface area contributed by atoms with Crippen molar-refractivity contribution in [2.24, 2.45) is 11.8 Å². The van der Waals surface area contributed by atoms with Crippen molar-refractivity contribution in [3.05, 3.63) is 35.9 Å². The van der Waals surface area contributed by atoms with E-state index in [4.69, 9.17) is 0 Å². The molecule has 0 radical (unpaired) electrons. The Bertz CT molecular complexity index is 531. The van der Waals surface area contributed by atoms with Gasteiger partial charge in [-0.2, -0.15) is 0 Å². The van der Waals surface area contributed by atoms with Crippen LogP contribution in [-0.4, -0.2) is 58.7 Å². The first-order chi connectivity index (χ1) is 10.2. The predicted octanol–water partition coefficient (Wildman–Crippen LogP) is 1.72. The first-order valence-electron chi connectivity index (χ1n) is 8.32. The van der Waals surface area contributed by atoms with Gasteiger partial charge in [0.2, 0.25) is 0 Å². The average molecular weight is 285 g/mol. The molecule has 6 rings (SSSR count). The van der Waals surface area contributed by atoms with Gasteiger partial charge in [-0.05, 0) is 12.3 Å². The Balaban J connectivity index is 1.51. The van der Waals surface area contributed by atoms with Crippen LogP contribution in [-0.2, 0) is 6.54 Å². The van der Waals surface area contributed by atoms with Gasteiger partial charge in [0, 0.05) is 11.5 Å². The number of hydrogen-bond acceptors (Lipinski definition) is 3. The Hall–Kier alpha value is -0.940. The standard InChI is InChI=1S/C17H25N4/c1-14-7-16(14)17-20-10-18-9-19(11-20)13-21(17,12-18)8-15-5-3-2-4-6-15/h2-6,14,16-17H,7-13H2,1H3/q+1/t14-,16-,17?/m1/s1. The van der Waals surface area contributed by atoms with E-state index < -0.39 is 0 Å². The fourth-order valence-electron chi connectivity index (χ4n) is 5.22. The summed E-state index contributed by atoms with van der Waals surface area (Å²) < 4.78 is 1.25. The summed E-state index contributed by atoms with van der Waals surface area (Å²) in [6.45, 7) is 9.69. The first-order valence-corrected chi connectivity index (χ1v) is 8.32. The molecule has 1 saturated carbocycles. The van der Waals surface area contributed by atoms with Crippen molar-refractivity contribution in [3.8, 4) is 0 Å². The van der Waals surface area contributed by atoms with E-state index in [2.05, 4.69) is 52.0 Å². The fourth-order valence-corrected chi connectivity index (χ4v) is 5.22. The van der Waals surface area contributed by atoms with Crippen LogP contribution in [0.2, 0.25) is 0 Å². The molecule has 112 valence electrons. The molecule has 0 N–H and O–H groups in total. The molecule has 1 aliphatic carbocycles. The summed E-state index contributed by atoms with van der Waals surface area (Å²) in [5.74, 6) is 1.86. The van der Waals surface area contributed by atoms with Crippen molar-refractivity contribution >= 4 is 0 Å². The van der Waals surface area contributed by atoms with Crippen molar-refractivity contribution < 1.29 is 4.48 Å². The molecule has 5 aliphatic rings. The SMILES string of the molecule is C[C@@H]1C[C@H]1C1N2CN3CN(C2)C[N+]1(Cc1ccccc1)C3. The Kier molecular flexibility index (Phi) is 2.57. The van der Waals surface area contributed by atoms with Gasteiger partial charge in [-0.15, -0.1) is 0 Å². The number of benzene rings is 1. The van der Waals surface area contributed by atoms with E-state index in [-0.39, 0.29) is 0 Å². The quantitative estimate of drug-likeness (QED) is 0.783. The topological polar surface area (TPSA) is 9.72 Å². The fraction of sp³-hybridized carbons (Fsp3) is 0.647. The minimum absolute atomic E-state index is 0.757. The van der Waals surface area contributed by atoms with Gasteiger partial charge in [0.05, 0.1) is 20.0 Å². The summed E-state index contributed by atoms with van der Waals surface area (Å²) in [4.78, 5) is 8.03. The van der Waals surface area contributed by atoms with Gasteiger partial charge < -0.3 is 0 Å². The summed E-state index contributed by atoms with van der Waals surface area (Å²) in [5, 5.41) is 0. The highest BCUT2D eigenvalue weighted by Gasteiger charge is 2.61. The third kappa shape index (κ3) is 1.90. The smallest absolute Gasteiger partial charge is 0.152 e. The lowest BCUT2D eigenvalue weighted by Gasteiger charge is -2.65. The molecular weight excluding hydrogens is 260 g/mol. The van der Waals surface area contributed by atoms with Crippen molar-refractivity contribution in [1.29, 1.82) is 0 Å². The summed E-state index contributed by atoms with van der Waals surface area (Å²) in [7, 11) is 0. The second-order valence-electron chi connectivity index (χ2n) is 7.79. The van der Waals surface area contributed by atoms with Crippen molar-refractivity contribution in [2.45, 2.75) is 26.1 Å². The third-order valence-electron chi connectivity index (χ3n) is 5.96. The van der Waals surface area contributed by atoms with Crippen LogP contribution in [0.5, 0.6) is 0 Å². The Morgan fingerprint density at radius 1 is 1.05 bits per heavy atom. The molecule has 0 amide bonds. The minimum atomic E-state index is 0.757. The lowest BCUT2D eigenvalue weighted by molar-refractivity contribution is -1.02. The van der Waals surface area contributed by atoms with E-state index in [1.807, 2.05) is 0 Å². The number of nitrogens with zero attached hydrogens (tertiary/aromatic N) is 4. The number of hydrogen-bond donors (Lipinski definition) is 0. The molecule has 4 aliphatic heterocycles. The molecule has 4 bridgehead atoms. The molecule has 5 fully saturated rings. The summed E-state index contributed by atoms with van der Waals surface area (Å²) >= 11 is 0. The van der Waals surface area contributed by atoms with Gasteiger partial charge in [-0.3, -0.25) is 4.48 Å². The summed E-state index contributed by atoms with van der Waals surface area (Å²) in [6, 6.07) is 11.1. The van der Waals surface area contributed by atoms with Crippen molar-refractivity contribution in [2.75, 3.05) is 33.3 Å². The van der Waals surface area contributed by atoms with Crippen LogP contribution in [0.1, 0.15) is 18.9 Å². The zero-order valence-electron chi connectivity index (χ0n) is 12.9. The van der Waals surface area contributed by atoms with Crippen LogP contribution in [0, 0.1) is 11.8 Å². The molecule has 4 saturated heterocycles. The molecule has 1 aromatic rings. The molecule has 21 heavy (non-hydrogen) atoms. The van der Waals surface area contributed by atoms with Crippen LogP contribution in [0.25, 0.3) is 0 Å². The van der Waals surface area contributed by atoms with E-state index >= 15 is 0 Å². The first kappa shape index (κ1) is 12.6. The number of rotatable bonds is 3. The molecular formula is C17H25N4+. The lowest BCUT2D eigenvalue weighted by Crippen LogP contribution is -2.83. The van der Waals surface area contributed by atoms with Crippen LogP contribution in [0.4, 0.5) is 0 Å². The second kappa shape index (κ2) is 4.29. The maximum atomic E-state index is 2.76. The Morgan fingerprint density at radius 2 is 1.71 bits per heavy atom. The molecule has 0 aromatic heterocycles. The summed E-state index contributed by atoms with van der Waals surface area (Å²) in [5.41, 5.74) is 1.50.